The van der Waals surface area contributed by atoms with Gasteiger partial charge in [-0.1, -0.05) is 30.3 Å². The van der Waals surface area contributed by atoms with Gasteiger partial charge in [0.1, 0.15) is 6.04 Å². The predicted octanol–water partition coefficient (Wildman–Crippen LogP) is 1.70. The second-order valence-corrected chi connectivity index (χ2v) is 6.84. The summed E-state index contributed by atoms with van der Waals surface area (Å²) < 4.78 is 31.9. The van der Waals surface area contributed by atoms with Crippen molar-refractivity contribution in [1.29, 1.82) is 0 Å². The summed E-state index contributed by atoms with van der Waals surface area (Å²) in [6, 6.07) is 8.33. The van der Waals surface area contributed by atoms with Crippen molar-refractivity contribution in [2.45, 2.75) is 10.9 Å². The van der Waals surface area contributed by atoms with Gasteiger partial charge in [-0.15, -0.1) is 0 Å². The summed E-state index contributed by atoms with van der Waals surface area (Å²) in [5.74, 6) is -0.936. The molecule has 0 saturated heterocycles. The molecule has 27 heavy (non-hydrogen) atoms. The minimum absolute atomic E-state index is 0.248. The summed E-state index contributed by atoms with van der Waals surface area (Å²) in [4.78, 5) is 31.2. The molecule has 0 amide bonds. The number of hydrogen-bond donors (Lipinski definition) is 1. The van der Waals surface area contributed by atoms with Gasteiger partial charge >= 0.3 is 5.97 Å². The van der Waals surface area contributed by atoms with Crippen molar-refractivity contribution >= 4 is 27.4 Å². The van der Waals surface area contributed by atoms with Crippen LogP contribution in [-0.4, -0.2) is 31.3 Å². The summed E-state index contributed by atoms with van der Waals surface area (Å²) in [5, 5.41) is 22.0. The SMILES string of the molecule is COC(=O)[C@@H](NS(=O)(=O)c1ccc([N+](=O)[O-])cc1[N+](=O)[O-])c1ccccc1. The van der Waals surface area contributed by atoms with Crippen LogP contribution < -0.4 is 4.72 Å². The van der Waals surface area contributed by atoms with E-state index in [0.29, 0.717) is 6.07 Å². The summed E-state index contributed by atoms with van der Waals surface area (Å²) >= 11 is 0. The van der Waals surface area contributed by atoms with E-state index in [-0.39, 0.29) is 5.56 Å². The zero-order valence-corrected chi connectivity index (χ0v) is 14.6. The quantitative estimate of drug-likeness (QED) is 0.421. The molecule has 0 aliphatic heterocycles. The molecular formula is C15H13N3O8S. The van der Waals surface area contributed by atoms with Gasteiger partial charge in [-0.2, -0.15) is 4.72 Å². The van der Waals surface area contributed by atoms with Crippen molar-refractivity contribution in [1.82, 2.24) is 4.72 Å². The minimum atomic E-state index is -4.60. The molecule has 0 aliphatic carbocycles. The molecule has 11 nitrogen and oxygen atoms in total. The van der Waals surface area contributed by atoms with Gasteiger partial charge in [0.25, 0.3) is 11.4 Å². The molecule has 0 heterocycles. The van der Waals surface area contributed by atoms with Crippen LogP contribution in [0.3, 0.4) is 0 Å². The molecule has 2 aromatic carbocycles. The third-order valence-electron chi connectivity index (χ3n) is 3.48. The molecule has 142 valence electrons. The van der Waals surface area contributed by atoms with E-state index in [2.05, 4.69) is 4.74 Å². The number of carbonyl (C=O) groups excluding carboxylic acids is 1. The van der Waals surface area contributed by atoms with Gasteiger partial charge in [0.2, 0.25) is 10.0 Å². The summed E-state index contributed by atoms with van der Waals surface area (Å²) in [5.41, 5.74) is -1.39. The van der Waals surface area contributed by atoms with Crippen molar-refractivity contribution in [3.63, 3.8) is 0 Å². The summed E-state index contributed by atoms with van der Waals surface area (Å²) in [7, 11) is -3.54. The number of rotatable bonds is 7. The Morgan fingerprint density at radius 2 is 1.70 bits per heavy atom. The van der Waals surface area contributed by atoms with E-state index in [0.717, 1.165) is 19.2 Å². The fourth-order valence-electron chi connectivity index (χ4n) is 2.22. The van der Waals surface area contributed by atoms with Crippen LogP contribution >= 0.6 is 0 Å². The number of sulfonamides is 1. The third-order valence-corrected chi connectivity index (χ3v) is 4.95. The minimum Gasteiger partial charge on any atom is -0.468 e. The Bertz CT molecular complexity index is 991. The number of ether oxygens (including phenoxy) is 1. The molecule has 0 saturated carbocycles. The zero-order valence-electron chi connectivity index (χ0n) is 13.8. The average molecular weight is 395 g/mol. The largest absolute Gasteiger partial charge is 0.468 e. The van der Waals surface area contributed by atoms with Crippen molar-refractivity contribution in [3.8, 4) is 0 Å². The molecule has 0 fully saturated rings. The van der Waals surface area contributed by atoms with Gasteiger partial charge in [-0.3, -0.25) is 20.2 Å². The highest BCUT2D eigenvalue weighted by Crippen LogP contribution is 2.29. The van der Waals surface area contributed by atoms with Crippen LogP contribution in [0.15, 0.2) is 53.4 Å². The first-order valence-electron chi connectivity index (χ1n) is 7.25. The topological polar surface area (TPSA) is 159 Å². The van der Waals surface area contributed by atoms with Crippen LogP contribution in [0, 0.1) is 20.2 Å². The summed E-state index contributed by atoms with van der Waals surface area (Å²) in [6.45, 7) is 0. The average Bonchev–Trinajstić information content (AvgIpc) is 2.65. The standard InChI is InChI=1S/C15H13N3O8S/c1-26-15(19)14(10-5-3-2-4-6-10)16-27(24,25)13-8-7-11(17(20)21)9-12(13)18(22)23/h2-9,14,16H,1H3/t14-/m0/s1. The number of nitrogens with zero attached hydrogens (tertiary/aromatic N) is 2. The highest BCUT2D eigenvalue weighted by molar-refractivity contribution is 7.89. The van der Waals surface area contributed by atoms with E-state index >= 15 is 0 Å². The molecule has 12 heteroatoms. The van der Waals surface area contributed by atoms with Crippen LogP contribution in [0.5, 0.6) is 0 Å². The number of benzene rings is 2. The maximum atomic E-state index is 12.6. The second-order valence-electron chi connectivity index (χ2n) is 5.15. The van der Waals surface area contributed by atoms with Gasteiger partial charge in [-0.05, 0) is 11.6 Å². The molecule has 0 aromatic heterocycles. The Morgan fingerprint density at radius 3 is 2.22 bits per heavy atom. The van der Waals surface area contributed by atoms with Gasteiger partial charge in [0.05, 0.1) is 23.0 Å². The molecular weight excluding hydrogens is 382 g/mol. The van der Waals surface area contributed by atoms with E-state index in [9.17, 15) is 33.4 Å². The normalized spacial score (nSPS) is 12.2. The number of hydrogen-bond acceptors (Lipinski definition) is 8. The van der Waals surface area contributed by atoms with Crippen LogP contribution in [0.25, 0.3) is 0 Å². The lowest BCUT2D eigenvalue weighted by molar-refractivity contribution is -0.396. The number of nitro benzene ring substituents is 2. The molecule has 1 atom stereocenters. The second kappa shape index (κ2) is 7.88. The van der Waals surface area contributed by atoms with Gasteiger partial charge in [0.15, 0.2) is 4.90 Å². The maximum absolute atomic E-state index is 12.6. The Kier molecular flexibility index (Phi) is 5.82. The monoisotopic (exact) mass is 395 g/mol. The first-order valence-corrected chi connectivity index (χ1v) is 8.73. The lowest BCUT2D eigenvalue weighted by Crippen LogP contribution is -2.34. The first kappa shape index (κ1) is 19.9. The fourth-order valence-corrected chi connectivity index (χ4v) is 3.55. The van der Waals surface area contributed by atoms with Crippen LogP contribution in [-0.2, 0) is 19.6 Å². The number of non-ortho nitro benzene ring substituents is 1. The van der Waals surface area contributed by atoms with Crippen LogP contribution in [0.4, 0.5) is 11.4 Å². The predicted molar refractivity (Wildman–Crippen MR) is 91.3 cm³/mol. The lowest BCUT2D eigenvalue weighted by Gasteiger charge is -2.17. The molecule has 0 spiro atoms. The van der Waals surface area contributed by atoms with Gasteiger partial charge < -0.3 is 4.74 Å². The van der Waals surface area contributed by atoms with E-state index in [1.54, 1.807) is 18.2 Å². The number of carbonyl (C=O) groups is 1. The number of esters is 1. The molecule has 0 bridgehead atoms. The molecule has 0 radical (unpaired) electrons. The van der Waals surface area contributed by atoms with Crippen molar-refractivity contribution in [2.75, 3.05) is 7.11 Å². The van der Waals surface area contributed by atoms with E-state index < -0.39 is 48.2 Å². The van der Waals surface area contributed by atoms with E-state index in [1.807, 2.05) is 4.72 Å². The Hall–Kier alpha value is -3.38. The fraction of sp³-hybridized carbons (Fsp3) is 0.133. The summed E-state index contributed by atoms with van der Waals surface area (Å²) in [6.07, 6.45) is 0. The van der Waals surface area contributed by atoms with Crippen LogP contribution in [0.2, 0.25) is 0 Å². The highest BCUT2D eigenvalue weighted by Gasteiger charge is 2.33. The molecule has 2 rings (SSSR count). The Labute approximate surface area is 152 Å². The zero-order chi connectivity index (χ0) is 20.2. The lowest BCUT2D eigenvalue weighted by atomic mass is 10.1. The highest BCUT2D eigenvalue weighted by atomic mass is 32.2. The Morgan fingerprint density at radius 1 is 1.07 bits per heavy atom. The molecule has 0 unspecified atom stereocenters. The Balaban J connectivity index is 2.52. The van der Waals surface area contributed by atoms with Crippen molar-refractivity contribution < 1.29 is 27.8 Å². The number of nitro groups is 2. The van der Waals surface area contributed by atoms with E-state index in [1.165, 1.54) is 12.1 Å². The number of methoxy groups -OCH3 is 1. The number of nitrogens with one attached hydrogen (secondary N) is 1. The van der Waals surface area contributed by atoms with Gasteiger partial charge in [-0.25, -0.2) is 13.2 Å². The molecule has 2 aromatic rings. The smallest absolute Gasteiger partial charge is 0.328 e. The third kappa shape index (κ3) is 4.43. The van der Waals surface area contributed by atoms with Crippen molar-refractivity contribution in [2.24, 2.45) is 0 Å². The van der Waals surface area contributed by atoms with Crippen LogP contribution in [0.1, 0.15) is 11.6 Å². The first-order chi connectivity index (χ1) is 12.7. The molecule has 0 aliphatic rings. The van der Waals surface area contributed by atoms with Crippen molar-refractivity contribution in [3.05, 3.63) is 74.3 Å². The molecule has 1 N–H and O–H groups in total. The van der Waals surface area contributed by atoms with E-state index in [4.69, 9.17) is 0 Å². The maximum Gasteiger partial charge on any atom is 0.328 e. The van der Waals surface area contributed by atoms with Gasteiger partial charge in [0, 0.05) is 6.07 Å².